The number of aryl methyl sites for hydroxylation is 1. The molecule has 116 valence electrons. The Morgan fingerprint density at radius 2 is 2.23 bits per heavy atom. The maximum Gasteiger partial charge on any atom is 0.240 e. The van der Waals surface area contributed by atoms with Crippen LogP contribution in [0, 0.1) is 25.2 Å². The number of fused-ring (bicyclic) bond motifs is 1. The Hall–Kier alpha value is -2.13. The molecule has 5 nitrogen and oxygen atoms in total. The van der Waals surface area contributed by atoms with E-state index < -0.39 is 0 Å². The largest absolute Gasteiger partial charge is 0.360 e. The molecule has 0 aliphatic rings. The van der Waals surface area contributed by atoms with Crippen LogP contribution >= 0.6 is 11.3 Å². The first kappa shape index (κ1) is 16.2. The normalized spacial score (nSPS) is 10.7. The third-order valence-corrected chi connectivity index (χ3v) is 3.97. The maximum atomic E-state index is 11.7. The van der Waals surface area contributed by atoms with Gasteiger partial charge in [-0.2, -0.15) is 0 Å². The molecule has 0 aliphatic carbocycles. The standard InChI is InChI=1S/C16H20N4OS/c1-5-6-17-13(21)8-18-15-14-12(7-10(2)3)9-22-16(14)20-11(4)19-15/h1,9-10H,6-8H2,2-4H3,(H,17,21)(H,18,19,20). The lowest BCUT2D eigenvalue weighted by atomic mass is 10.0. The van der Waals surface area contributed by atoms with Crippen LogP contribution in [0.1, 0.15) is 25.2 Å². The molecule has 2 N–H and O–H groups in total. The smallest absolute Gasteiger partial charge is 0.240 e. The summed E-state index contributed by atoms with van der Waals surface area (Å²) in [6.45, 7) is 6.59. The number of carbonyl (C=O) groups is 1. The highest BCUT2D eigenvalue weighted by Crippen LogP contribution is 2.31. The number of hydrogen-bond acceptors (Lipinski definition) is 5. The van der Waals surface area contributed by atoms with Crippen LogP contribution in [-0.4, -0.2) is 29.0 Å². The highest BCUT2D eigenvalue weighted by molar-refractivity contribution is 7.17. The lowest BCUT2D eigenvalue weighted by Crippen LogP contribution is -2.30. The first-order valence-electron chi connectivity index (χ1n) is 7.20. The maximum absolute atomic E-state index is 11.7. The number of hydrogen-bond donors (Lipinski definition) is 2. The third-order valence-electron chi connectivity index (χ3n) is 3.05. The Balaban J connectivity index is 2.25. The molecule has 0 fully saturated rings. The minimum atomic E-state index is -0.150. The number of amides is 1. The van der Waals surface area contributed by atoms with Crippen LogP contribution < -0.4 is 10.6 Å². The summed E-state index contributed by atoms with van der Waals surface area (Å²) >= 11 is 1.61. The molecule has 0 unspecified atom stereocenters. The number of terminal acetylenes is 1. The molecule has 0 aliphatic heterocycles. The number of aromatic nitrogens is 2. The summed E-state index contributed by atoms with van der Waals surface area (Å²) in [5.41, 5.74) is 1.22. The van der Waals surface area contributed by atoms with Gasteiger partial charge < -0.3 is 10.6 Å². The summed E-state index contributed by atoms with van der Waals surface area (Å²) < 4.78 is 0. The van der Waals surface area contributed by atoms with Crippen molar-refractivity contribution in [2.75, 3.05) is 18.4 Å². The first-order valence-corrected chi connectivity index (χ1v) is 8.08. The van der Waals surface area contributed by atoms with Gasteiger partial charge in [-0.05, 0) is 30.2 Å². The van der Waals surface area contributed by atoms with E-state index in [0.29, 0.717) is 11.7 Å². The fraction of sp³-hybridized carbons (Fsp3) is 0.438. The second-order valence-corrected chi connectivity index (χ2v) is 6.35. The molecule has 0 saturated carbocycles. The zero-order valence-electron chi connectivity index (χ0n) is 13.1. The van der Waals surface area contributed by atoms with E-state index in [9.17, 15) is 4.79 Å². The lowest BCUT2D eigenvalue weighted by Gasteiger charge is -2.10. The second kappa shape index (κ2) is 7.23. The molecule has 0 aromatic carbocycles. The van der Waals surface area contributed by atoms with Gasteiger partial charge in [-0.15, -0.1) is 17.8 Å². The van der Waals surface area contributed by atoms with Crippen LogP contribution in [0.5, 0.6) is 0 Å². The van der Waals surface area contributed by atoms with E-state index in [1.54, 1.807) is 11.3 Å². The van der Waals surface area contributed by atoms with Gasteiger partial charge in [0.15, 0.2) is 0 Å². The molecule has 2 heterocycles. The van der Waals surface area contributed by atoms with Crippen molar-refractivity contribution in [3.05, 3.63) is 16.8 Å². The van der Waals surface area contributed by atoms with E-state index in [1.165, 1.54) is 5.56 Å². The molecule has 6 heteroatoms. The minimum Gasteiger partial charge on any atom is -0.360 e. The summed E-state index contributed by atoms with van der Waals surface area (Å²) in [5, 5.41) is 8.89. The average Bonchev–Trinajstić information content (AvgIpc) is 2.84. The van der Waals surface area contributed by atoms with Crippen molar-refractivity contribution in [1.29, 1.82) is 0 Å². The zero-order valence-corrected chi connectivity index (χ0v) is 13.9. The Bertz CT molecular complexity index is 715. The topological polar surface area (TPSA) is 66.9 Å². The van der Waals surface area contributed by atoms with Crippen LogP contribution in [0.4, 0.5) is 5.82 Å². The van der Waals surface area contributed by atoms with Gasteiger partial charge in [0.05, 0.1) is 18.5 Å². The molecule has 0 bridgehead atoms. The van der Waals surface area contributed by atoms with Crippen LogP contribution in [0.3, 0.4) is 0 Å². The summed E-state index contributed by atoms with van der Waals surface area (Å²) in [4.78, 5) is 21.6. The molecular formula is C16H20N4OS. The molecule has 0 atom stereocenters. The third kappa shape index (κ3) is 3.95. The van der Waals surface area contributed by atoms with Gasteiger partial charge in [0.2, 0.25) is 5.91 Å². The summed E-state index contributed by atoms with van der Waals surface area (Å²) in [6, 6.07) is 0. The summed E-state index contributed by atoms with van der Waals surface area (Å²) in [7, 11) is 0. The minimum absolute atomic E-state index is 0.143. The number of anilines is 1. The van der Waals surface area contributed by atoms with Gasteiger partial charge in [-0.1, -0.05) is 19.8 Å². The molecule has 0 saturated heterocycles. The summed E-state index contributed by atoms with van der Waals surface area (Å²) in [5.74, 6) is 4.19. The van der Waals surface area contributed by atoms with Crippen molar-refractivity contribution < 1.29 is 4.79 Å². The highest BCUT2D eigenvalue weighted by Gasteiger charge is 2.14. The molecule has 2 aromatic heterocycles. The zero-order chi connectivity index (χ0) is 16.1. The van der Waals surface area contributed by atoms with Crippen LogP contribution in [0.15, 0.2) is 5.38 Å². The average molecular weight is 316 g/mol. The number of rotatable bonds is 6. The van der Waals surface area contributed by atoms with Gasteiger partial charge in [0.25, 0.3) is 0 Å². The predicted molar refractivity (Wildman–Crippen MR) is 91.0 cm³/mol. The Morgan fingerprint density at radius 1 is 1.45 bits per heavy atom. The van der Waals surface area contributed by atoms with Gasteiger partial charge in [-0.3, -0.25) is 4.79 Å². The van der Waals surface area contributed by atoms with Crippen LogP contribution in [0.2, 0.25) is 0 Å². The number of nitrogens with zero attached hydrogens (tertiary/aromatic N) is 2. The van der Waals surface area contributed by atoms with E-state index >= 15 is 0 Å². The van der Waals surface area contributed by atoms with Gasteiger partial charge >= 0.3 is 0 Å². The van der Waals surface area contributed by atoms with E-state index in [2.05, 4.69) is 45.7 Å². The second-order valence-electron chi connectivity index (χ2n) is 5.49. The van der Waals surface area contributed by atoms with E-state index in [0.717, 1.165) is 22.5 Å². The molecule has 22 heavy (non-hydrogen) atoms. The van der Waals surface area contributed by atoms with E-state index in [1.807, 2.05) is 6.92 Å². The number of thiophene rings is 1. The Morgan fingerprint density at radius 3 is 2.91 bits per heavy atom. The van der Waals surface area contributed by atoms with Gasteiger partial charge in [0, 0.05) is 0 Å². The molecular weight excluding hydrogens is 296 g/mol. The Labute approximate surface area is 134 Å². The first-order chi connectivity index (χ1) is 10.5. The summed E-state index contributed by atoms with van der Waals surface area (Å²) in [6.07, 6.45) is 6.09. The fourth-order valence-electron chi connectivity index (χ4n) is 2.20. The van der Waals surface area contributed by atoms with Crippen molar-refractivity contribution in [2.45, 2.75) is 27.2 Å². The van der Waals surface area contributed by atoms with E-state index in [4.69, 9.17) is 6.42 Å². The van der Waals surface area contributed by atoms with Crippen molar-refractivity contribution in [3.8, 4) is 12.3 Å². The lowest BCUT2D eigenvalue weighted by molar-refractivity contribution is -0.119. The van der Waals surface area contributed by atoms with Crippen molar-refractivity contribution in [1.82, 2.24) is 15.3 Å². The van der Waals surface area contributed by atoms with E-state index in [-0.39, 0.29) is 19.0 Å². The monoisotopic (exact) mass is 316 g/mol. The SMILES string of the molecule is C#CCNC(=O)CNc1nc(C)nc2scc(CC(C)C)c12. The van der Waals surface area contributed by atoms with Crippen molar-refractivity contribution in [3.63, 3.8) is 0 Å². The van der Waals surface area contributed by atoms with Gasteiger partial charge in [-0.25, -0.2) is 9.97 Å². The van der Waals surface area contributed by atoms with Gasteiger partial charge in [0.1, 0.15) is 16.5 Å². The molecule has 1 amide bonds. The van der Waals surface area contributed by atoms with Crippen LogP contribution in [-0.2, 0) is 11.2 Å². The number of carbonyl (C=O) groups excluding carboxylic acids is 1. The number of nitrogens with one attached hydrogen (secondary N) is 2. The van der Waals surface area contributed by atoms with Crippen molar-refractivity contribution in [2.24, 2.45) is 5.92 Å². The molecule has 0 radical (unpaired) electrons. The molecule has 2 aromatic rings. The molecule has 0 spiro atoms. The fourth-order valence-corrected chi connectivity index (χ4v) is 3.20. The quantitative estimate of drug-likeness (QED) is 0.803. The predicted octanol–water partition coefficient (Wildman–Crippen LogP) is 2.36. The highest BCUT2D eigenvalue weighted by atomic mass is 32.1. The Kier molecular flexibility index (Phi) is 5.34. The van der Waals surface area contributed by atoms with Crippen LogP contribution in [0.25, 0.3) is 10.2 Å². The molecule has 2 rings (SSSR count). The van der Waals surface area contributed by atoms with Crippen molar-refractivity contribution >= 4 is 33.3 Å².